The van der Waals surface area contributed by atoms with E-state index in [4.69, 9.17) is 11.6 Å². The molecule has 0 aromatic carbocycles. The first-order valence-corrected chi connectivity index (χ1v) is 9.42. The number of ether oxygens (including phenoxy) is 1. The molecule has 0 radical (unpaired) electrons. The quantitative estimate of drug-likeness (QED) is 0.696. The van der Waals surface area contributed by atoms with E-state index < -0.39 is 19.1 Å². The number of nitrogens with zero attached hydrogens (tertiary/aromatic N) is 5. The van der Waals surface area contributed by atoms with Crippen molar-refractivity contribution in [2.24, 2.45) is 7.05 Å². The summed E-state index contributed by atoms with van der Waals surface area (Å²) in [7, 11) is 1.83. The molecule has 4 heterocycles. The highest BCUT2D eigenvalue weighted by atomic mass is 35.5. The number of halogens is 3. The van der Waals surface area contributed by atoms with E-state index in [1.54, 1.807) is 17.1 Å². The Morgan fingerprint density at radius 1 is 1.34 bits per heavy atom. The largest absolute Gasteiger partial charge is 0.443 e. The average molecular weight is 425 g/mol. The van der Waals surface area contributed by atoms with Crippen molar-refractivity contribution < 1.29 is 18.3 Å². The second-order valence-electron chi connectivity index (χ2n) is 6.71. The van der Waals surface area contributed by atoms with Gasteiger partial charge in [-0.15, -0.1) is 0 Å². The van der Waals surface area contributed by atoms with Gasteiger partial charge in [-0.25, -0.2) is 18.6 Å². The van der Waals surface area contributed by atoms with Crippen LogP contribution < -0.4 is 4.90 Å². The number of aromatic nitrogens is 4. The predicted octanol–water partition coefficient (Wildman–Crippen LogP) is 3.14. The van der Waals surface area contributed by atoms with Gasteiger partial charge in [-0.1, -0.05) is 11.6 Å². The van der Waals surface area contributed by atoms with E-state index in [1.165, 1.54) is 4.90 Å². The number of amides is 1. The molecule has 3 aromatic rings. The summed E-state index contributed by atoms with van der Waals surface area (Å²) < 4.78 is 30.7. The van der Waals surface area contributed by atoms with Gasteiger partial charge >= 0.3 is 6.09 Å². The van der Waals surface area contributed by atoms with Crippen molar-refractivity contribution in [1.82, 2.24) is 24.6 Å². The molecule has 0 saturated carbocycles. The number of alkyl halides is 2. The van der Waals surface area contributed by atoms with Crippen molar-refractivity contribution in [2.45, 2.75) is 6.43 Å². The van der Waals surface area contributed by atoms with Gasteiger partial charge in [0.1, 0.15) is 5.65 Å². The zero-order valence-corrected chi connectivity index (χ0v) is 16.4. The molecule has 154 valence electrons. The van der Waals surface area contributed by atoms with E-state index in [9.17, 15) is 13.6 Å². The minimum absolute atomic E-state index is 0.364. The minimum Gasteiger partial charge on any atom is -0.443 e. The Morgan fingerprint density at radius 3 is 2.76 bits per heavy atom. The molecular formula is C18H19ClF2N6O2. The third kappa shape index (κ3) is 3.84. The zero-order valence-electron chi connectivity index (χ0n) is 15.6. The number of anilines is 1. The molecule has 0 bridgehead atoms. The van der Waals surface area contributed by atoms with Crippen molar-refractivity contribution >= 4 is 34.4 Å². The van der Waals surface area contributed by atoms with Crippen LogP contribution in [0.1, 0.15) is 0 Å². The highest BCUT2D eigenvalue weighted by Crippen LogP contribution is 2.38. The number of rotatable bonds is 4. The van der Waals surface area contributed by atoms with Gasteiger partial charge in [0, 0.05) is 51.2 Å². The van der Waals surface area contributed by atoms with Crippen LogP contribution in [0, 0.1) is 0 Å². The predicted molar refractivity (Wildman–Crippen MR) is 104 cm³/mol. The normalized spacial score (nSPS) is 14.8. The SMILES string of the molecule is Cn1cc(-c2[nH]c3nccc(N4CCN(C(=O)OCC(F)F)CC4)c3c2Cl)cn1. The Kier molecular flexibility index (Phi) is 5.27. The van der Waals surface area contributed by atoms with Crippen LogP contribution >= 0.6 is 11.6 Å². The third-order valence-corrected chi connectivity index (χ3v) is 5.19. The molecule has 1 saturated heterocycles. The topological polar surface area (TPSA) is 79.3 Å². The maximum absolute atomic E-state index is 12.2. The van der Waals surface area contributed by atoms with Crippen LogP contribution in [0.15, 0.2) is 24.7 Å². The highest BCUT2D eigenvalue weighted by molar-refractivity contribution is 6.39. The van der Waals surface area contributed by atoms with Crippen LogP contribution in [-0.2, 0) is 11.8 Å². The molecule has 3 aromatic heterocycles. The fourth-order valence-corrected chi connectivity index (χ4v) is 3.77. The zero-order chi connectivity index (χ0) is 20.5. The first-order valence-electron chi connectivity index (χ1n) is 9.04. The Labute approximate surface area is 170 Å². The lowest BCUT2D eigenvalue weighted by molar-refractivity contribution is 0.0311. The number of fused-ring (bicyclic) bond motifs is 1. The minimum atomic E-state index is -2.67. The standard InChI is InChI=1S/C18H19ClF2N6O2/c1-25-9-11(8-23-25)16-15(19)14-12(2-3-22-17(14)24-16)26-4-6-27(7-5-26)18(28)29-10-13(20)21/h2-3,8-9,13H,4-7,10H2,1H3,(H,22,24). The molecule has 1 aliphatic heterocycles. The van der Waals surface area contributed by atoms with Gasteiger partial charge in [0.15, 0.2) is 6.61 Å². The van der Waals surface area contributed by atoms with E-state index in [0.717, 1.165) is 22.3 Å². The molecule has 0 atom stereocenters. The molecule has 1 fully saturated rings. The second-order valence-corrected chi connectivity index (χ2v) is 7.09. The molecule has 1 amide bonds. The monoisotopic (exact) mass is 424 g/mol. The summed E-state index contributed by atoms with van der Waals surface area (Å²) in [6.45, 7) is 0.881. The van der Waals surface area contributed by atoms with Gasteiger partial charge in [-0.3, -0.25) is 4.68 Å². The van der Waals surface area contributed by atoms with E-state index in [1.807, 2.05) is 19.3 Å². The lowest BCUT2D eigenvalue weighted by Gasteiger charge is -2.35. The number of aromatic amines is 1. The summed E-state index contributed by atoms with van der Waals surface area (Å²) in [5, 5.41) is 5.52. The smallest absolute Gasteiger partial charge is 0.410 e. The first-order chi connectivity index (χ1) is 13.9. The summed E-state index contributed by atoms with van der Waals surface area (Å²) >= 11 is 6.68. The molecule has 8 nitrogen and oxygen atoms in total. The van der Waals surface area contributed by atoms with Gasteiger partial charge in [0.2, 0.25) is 0 Å². The molecule has 0 unspecified atom stereocenters. The number of carbonyl (C=O) groups is 1. The summed E-state index contributed by atoms with van der Waals surface area (Å²) in [5.74, 6) is 0. The van der Waals surface area contributed by atoms with Gasteiger partial charge in [0.05, 0.1) is 28.0 Å². The molecule has 4 rings (SSSR count). The molecule has 29 heavy (non-hydrogen) atoms. The van der Waals surface area contributed by atoms with Crippen molar-refractivity contribution in [2.75, 3.05) is 37.7 Å². The van der Waals surface area contributed by atoms with Crippen LogP contribution in [0.4, 0.5) is 19.3 Å². The van der Waals surface area contributed by atoms with Crippen molar-refractivity contribution in [1.29, 1.82) is 0 Å². The number of hydrogen-bond acceptors (Lipinski definition) is 5. The van der Waals surface area contributed by atoms with Crippen molar-refractivity contribution in [3.05, 3.63) is 29.7 Å². The van der Waals surface area contributed by atoms with Crippen LogP contribution in [0.3, 0.4) is 0 Å². The fraction of sp³-hybridized carbons (Fsp3) is 0.389. The van der Waals surface area contributed by atoms with Crippen LogP contribution in [0.2, 0.25) is 5.02 Å². The summed E-state index contributed by atoms with van der Waals surface area (Å²) in [6, 6.07) is 1.87. The lowest BCUT2D eigenvalue weighted by Crippen LogP contribution is -2.49. The number of nitrogens with one attached hydrogen (secondary N) is 1. The molecule has 11 heteroatoms. The van der Waals surface area contributed by atoms with Gasteiger partial charge < -0.3 is 19.5 Å². The van der Waals surface area contributed by atoms with Crippen LogP contribution in [-0.4, -0.2) is 70.0 Å². The van der Waals surface area contributed by atoms with Gasteiger partial charge in [0.25, 0.3) is 6.43 Å². The fourth-order valence-electron chi connectivity index (χ4n) is 3.43. The van der Waals surface area contributed by atoms with E-state index in [2.05, 4.69) is 24.7 Å². The molecule has 1 N–H and O–H groups in total. The molecule has 1 aliphatic rings. The molecule has 0 spiro atoms. The van der Waals surface area contributed by atoms with E-state index >= 15 is 0 Å². The Bertz CT molecular complexity index is 1030. The number of pyridine rings is 1. The van der Waals surface area contributed by atoms with Crippen LogP contribution in [0.25, 0.3) is 22.3 Å². The van der Waals surface area contributed by atoms with E-state index in [0.29, 0.717) is 36.8 Å². The Hall–Kier alpha value is -2.88. The third-order valence-electron chi connectivity index (χ3n) is 4.82. The number of H-pyrrole nitrogens is 1. The number of carbonyl (C=O) groups excluding carboxylic acids is 1. The van der Waals surface area contributed by atoms with Crippen molar-refractivity contribution in [3.63, 3.8) is 0 Å². The maximum atomic E-state index is 12.2. The summed E-state index contributed by atoms with van der Waals surface area (Å²) in [4.78, 5) is 23.0. The van der Waals surface area contributed by atoms with E-state index in [-0.39, 0.29) is 0 Å². The average Bonchev–Trinajstić information content (AvgIpc) is 3.29. The Balaban J connectivity index is 1.55. The van der Waals surface area contributed by atoms with Crippen LogP contribution in [0.5, 0.6) is 0 Å². The maximum Gasteiger partial charge on any atom is 0.410 e. The van der Waals surface area contributed by atoms with Gasteiger partial charge in [-0.2, -0.15) is 5.10 Å². The number of hydrogen-bond donors (Lipinski definition) is 1. The second kappa shape index (κ2) is 7.86. The number of piperazine rings is 1. The Morgan fingerprint density at radius 2 is 2.10 bits per heavy atom. The number of aryl methyl sites for hydroxylation is 1. The summed E-state index contributed by atoms with van der Waals surface area (Å²) in [6.07, 6.45) is 1.89. The highest BCUT2D eigenvalue weighted by Gasteiger charge is 2.26. The van der Waals surface area contributed by atoms with Gasteiger partial charge in [-0.05, 0) is 6.07 Å². The molecule has 0 aliphatic carbocycles. The summed E-state index contributed by atoms with van der Waals surface area (Å²) in [5.41, 5.74) is 3.15. The van der Waals surface area contributed by atoms with Crippen molar-refractivity contribution in [3.8, 4) is 11.3 Å². The first kappa shape index (κ1) is 19.4. The molecular weight excluding hydrogens is 406 g/mol. The lowest BCUT2D eigenvalue weighted by atomic mass is 10.2.